The molecule has 0 radical (unpaired) electrons. The van der Waals surface area contributed by atoms with E-state index in [0.717, 1.165) is 9.80 Å². The van der Waals surface area contributed by atoms with Gasteiger partial charge in [-0.25, -0.2) is 14.5 Å². The van der Waals surface area contributed by atoms with E-state index < -0.39 is 11.2 Å². The van der Waals surface area contributed by atoms with Gasteiger partial charge < -0.3 is 15.4 Å². The van der Waals surface area contributed by atoms with Gasteiger partial charge in [0.1, 0.15) is 0 Å². The number of carbonyl (C=O) groups excluding carboxylic acids is 4. The van der Waals surface area contributed by atoms with E-state index in [-0.39, 0.29) is 24.3 Å². The number of thioether (sulfide) groups is 1. The summed E-state index contributed by atoms with van der Waals surface area (Å²) < 4.78 is 4.67. The molecule has 1 fully saturated rings. The molecule has 1 heterocycles. The zero-order chi connectivity index (χ0) is 24.1. The number of esters is 1. The highest BCUT2D eigenvalue weighted by Crippen LogP contribution is 2.35. The fraction of sp³-hybridized carbons (Fsp3) is 0.120. The van der Waals surface area contributed by atoms with Crippen LogP contribution < -0.4 is 15.5 Å². The van der Waals surface area contributed by atoms with E-state index in [2.05, 4.69) is 15.4 Å². The van der Waals surface area contributed by atoms with E-state index in [1.165, 1.54) is 31.0 Å². The Morgan fingerprint density at radius 1 is 0.912 bits per heavy atom. The van der Waals surface area contributed by atoms with Gasteiger partial charge in [0.25, 0.3) is 0 Å². The Morgan fingerprint density at radius 3 is 2.29 bits per heavy atom. The number of hydrogen-bond donors (Lipinski definition) is 2. The molecule has 9 heteroatoms. The van der Waals surface area contributed by atoms with Crippen LogP contribution in [0.25, 0.3) is 0 Å². The number of methoxy groups -OCH3 is 1. The summed E-state index contributed by atoms with van der Waals surface area (Å²) >= 11 is 1.26. The standard InChI is InChI=1S/C25H21N3O5S/c1-33-24(31)16-10-12-19(13-11-16)28-22(29)15-21(23(28)30)34-20-9-5-8-18(14-20)27-25(32)26-17-6-3-2-4-7-17/h2-14,21H,15H2,1H3,(H2,26,27,32)/t21-/m1/s1. The van der Waals surface area contributed by atoms with E-state index in [1.54, 1.807) is 42.5 Å². The van der Waals surface area contributed by atoms with Crippen molar-refractivity contribution < 1.29 is 23.9 Å². The summed E-state index contributed by atoms with van der Waals surface area (Å²) in [5.74, 6) is -1.14. The number of nitrogens with one attached hydrogen (secondary N) is 2. The van der Waals surface area contributed by atoms with E-state index in [9.17, 15) is 19.2 Å². The van der Waals surface area contributed by atoms with Gasteiger partial charge in [0.15, 0.2) is 0 Å². The van der Waals surface area contributed by atoms with Gasteiger partial charge in [-0.2, -0.15) is 0 Å². The van der Waals surface area contributed by atoms with Crippen LogP contribution in [0.4, 0.5) is 21.9 Å². The van der Waals surface area contributed by atoms with Crippen LogP contribution in [0, 0.1) is 0 Å². The second-order valence-corrected chi connectivity index (χ2v) is 8.67. The van der Waals surface area contributed by atoms with Crippen LogP contribution in [0.3, 0.4) is 0 Å². The van der Waals surface area contributed by atoms with Crippen molar-refractivity contribution in [3.63, 3.8) is 0 Å². The molecule has 1 saturated heterocycles. The summed E-state index contributed by atoms with van der Waals surface area (Å²) in [4.78, 5) is 51.3. The Kier molecular flexibility index (Phi) is 6.93. The molecule has 1 atom stereocenters. The minimum atomic E-state index is -0.596. The molecule has 1 aliphatic heterocycles. The number of rotatable bonds is 6. The van der Waals surface area contributed by atoms with Crippen molar-refractivity contribution in [3.05, 3.63) is 84.4 Å². The highest BCUT2D eigenvalue weighted by molar-refractivity contribution is 8.00. The van der Waals surface area contributed by atoms with Crippen molar-refractivity contribution >= 4 is 52.6 Å². The molecule has 4 rings (SSSR count). The third-order valence-electron chi connectivity index (χ3n) is 5.05. The fourth-order valence-corrected chi connectivity index (χ4v) is 4.57. The molecule has 4 amide bonds. The first-order valence-corrected chi connectivity index (χ1v) is 11.3. The molecular formula is C25H21N3O5S. The lowest BCUT2D eigenvalue weighted by Crippen LogP contribution is -2.31. The van der Waals surface area contributed by atoms with Crippen molar-refractivity contribution in [2.24, 2.45) is 0 Å². The van der Waals surface area contributed by atoms with E-state index >= 15 is 0 Å². The SMILES string of the molecule is COC(=O)c1ccc(N2C(=O)C[C@@H](Sc3cccc(NC(=O)Nc4ccccc4)c3)C2=O)cc1. The van der Waals surface area contributed by atoms with Crippen LogP contribution in [0.2, 0.25) is 0 Å². The van der Waals surface area contributed by atoms with Crippen molar-refractivity contribution in [1.82, 2.24) is 0 Å². The van der Waals surface area contributed by atoms with Crippen LogP contribution >= 0.6 is 11.8 Å². The van der Waals surface area contributed by atoms with Crippen LogP contribution in [-0.4, -0.2) is 36.2 Å². The van der Waals surface area contributed by atoms with Gasteiger partial charge in [0.05, 0.1) is 23.6 Å². The number of amides is 4. The Bertz CT molecular complexity index is 1230. The molecule has 0 aliphatic carbocycles. The van der Waals surface area contributed by atoms with Gasteiger partial charge in [-0.05, 0) is 54.6 Å². The first-order chi connectivity index (χ1) is 16.4. The smallest absolute Gasteiger partial charge is 0.337 e. The van der Waals surface area contributed by atoms with Gasteiger partial charge in [-0.15, -0.1) is 11.8 Å². The maximum absolute atomic E-state index is 13.0. The second-order valence-electron chi connectivity index (χ2n) is 7.39. The van der Waals surface area contributed by atoms with Crippen molar-refractivity contribution in [2.75, 3.05) is 22.6 Å². The molecule has 1 aliphatic rings. The zero-order valence-electron chi connectivity index (χ0n) is 18.2. The maximum Gasteiger partial charge on any atom is 0.337 e. The second kappa shape index (κ2) is 10.2. The van der Waals surface area contributed by atoms with Gasteiger partial charge in [0.2, 0.25) is 11.8 Å². The first-order valence-electron chi connectivity index (χ1n) is 10.4. The molecular weight excluding hydrogens is 454 g/mol. The van der Waals surface area contributed by atoms with Crippen LogP contribution in [0.15, 0.2) is 83.8 Å². The Morgan fingerprint density at radius 2 is 1.59 bits per heavy atom. The predicted molar refractivity (Wildman–Crippen MR) is 130 cm³/mol. The van der Waals surface area contributed by atoms with Gasteiger partial charge in [-0.1, -0.05) is 24.3 Å². The average Bonchev–Trinajstić information content (AvgIpc) is 3.12. The molecule has 0 saturated carbocycles. The highest BCUT2D eigenvalue weighted by Gasteiger charge is 2.40. The number of ether oxygens (including phenoxy) is 1. The molecule has 172 valence electrons. The van der Waals surface area contributed by atoms with Crippen LogP contribution in [-0.2, 0) is 14.3 Å². The third kappa shape index (κ3) is 5.26. The quantitative estimate of drug-likeness (QED) is 0.401. The topological polar surface area (TPSA) is 105 Å². The number of imide groups is 1. The predicted octanol–water partition coefficient (Wildman–Crippen LogP) is 4.54. The average molecular weight is 476 g/mol. The molecule has 8 nitrogen and oxygen atoms in total. The Balaban J connectivity index is 1.41. The molecule has 0 bridgehead atoms. The summed E-state index contributed by atoms with van der Waals surface area (Å²) in [5.41, 5.74) is 1.96. The number of anilines is 3. The molecule has 2 N–H and O–H groups in total. The number of urea groups is 1. The summed E-state index contributed by atoms with van der Waals surface area (Å²) in [6.07, 6.45) is 0.0500. The zero-order valence-corrected chi connectivity index (χ0v) is 19.0. The lowest BCUT2D eigenvalue weighted by molar-refractivity contribution is -0.121. The number of hydrogen-bond acceptors (Lipinski definition) is 6. The molecule has 0 unspecified atom stereocenters. The fourth-order valence-electron chi connectivity index (χ4n) is 3.46. The highest BCUT2D eigenvalue weighted by atomic mass is 32.2. The third-order valence-corrected chi connectivity index (χ3v) is 6.23. The van der Waals surface area contributed by atoms with Gasteiger partial charge in [-0.3, -0.25) is 9.59 Å². The van der Waals surface area contributed by atoms with Crippen LogP contribution in [0.5, 0.6) is 0 Å². The summed E-state index contributed by atoms with van der Waals surface area (Å²) in [6, 6.07) is 21.9. The largest absolute Gasteiger partial charge is 0.465 e. The first kappa shape index (κ1) is 23.1. The molecule has 0 spiro atoms. The lowest BCUT2D eigenvalue weighted by atomic mass is 10.2. The lowest BCUT2D eigenvalue weighted by Gasteiger charge is -2.15. The molecule has 3 aromatic carbocycles. The number of nitrogens with zero attached hydrogens (tertiary/aromatic N) is 1. The summed E-state index contributed by atoms with van der Waals surface area (Å²) in [5, 5.41) is 4.91. The minimum absolute atomic E-state index is 0.0500. The normalized spacial score (nSPS) is 15.2. The monoisotopic (exact) mass is 475 g/mol. The van der Waals surface area contributed by atoms with Crippen LogP contribution in [0.1, 0.15) is 16.8 Å². The van der Waals surface area contributed by atoms with Crippen molar-refractivity contribution in [3.8, 4) is 0 Å². The van der Waals surface area contributed by atoms with E-state index in [1.807, 2.05) is 24.3 Å². The van der Waals surface area contributed by atoms with E-state index in [4.69, 9.17) is 0 Å². The molecule has 3 aromatic rings. The Hall–Kier alpha value is -4.11. The van der Waals surface area contributed by atoms with Gasteiger partial charge >= 0.3 is 12.0 Å². The minimum Gasteiger partial charge on any atom is -0.465 e. The summed E-state index contributed by atoms with van der Waals surface area (Å²) in [7, 11) is 1.28. The summed E-state index contributed by atoms with van der Waals surface area (Å²) in [6.45, 7) is 0. The number of carbonyl (C=O) groups is 4. The molecule has 0 aromatic heterocycles. The number of para-hydroxylation sites is 1. The number of benzene rings is 3. The van der Waals surface area contributed by atoms with Crippen molar-refractivity contribution in [1.29, 1.82) is 0 Å². The molecule has 34 heavy (non-hydrogen) atoms. The van der Waals surface area contributed by atoms with Gasteiger partial charge in [0, 0.05) is 22.7 Å². The van der Waals surface area contributed by atoms with E-state index in [0.29, 0.717) is 22.6 Å². The Labute approximate surface area is 200 Å². The van der Waals surface area contributed by atoms with Crippen molar-refractivity contribution in [2.45, 2.75) is 16.6 Å². The maximum atomic E-state index is 13.0.